The maximum absolute atomic E-state index is 12.1. The third-order valence-corrected chi connectivity index (χ3v) is 4.18. The average Bonchev–Trinajstić information content (AvgIpc) is 2.61. The van der Waals surface area contributed by atoms with Gasteiger partial charge in [0.05, 0.1) is 6.04 Å². The highest BCUT2D eigenvalue weighted by atomic mass is 16.2. The molecule has 2 N–H and O–H groups in total. The summed E-state index contributed by atoms with van der Waals surface area (Å²) in [5, 5.41) is 5.85. The fraction of sp³-hybridized carbons (Fsp3) is 0.381. The van der Waals surface area contributed by atoms with Crippen LogP contribution in [0.5, 0.6) is 0 Å². The van der Waals surface area contributed by atoms with E-state index in [2.05, 4.69) is 29.7 Å². The molecule has 0 radical (unpaired) electrons. The first-order chi connectivity index (χ1) is 11.7. The van der Waals surface area contributed by atoms with Crippen LogP contribution in [-0.2, 0) is 6.42 Å². The molecule has 128 valence electrons. The number of hydrogen-bond donors (Lipinski definition) is 2. The molecule has 2 amide bonds. The minimum absolute atomic E-state index is 0.0240. The number of carbonyl (C=O) groups is 1. The van der Waals surface area contributed by atoms with Crippen molar-refractivity contribution in [1.82, 2.24) is 5.32 Å². The molecule has 0 aromatic heterocycles. The predicted molar refractivity (Wildman–Crippen MR) is 101 cm³/mol. The Morgan fingerprint density at radius 1 is 0.958 bits per heavy atom. The van der Waals surface area contributed by atoms with E-state index in [-0.39, 0.29) is 12.1 Å². The van der Waals surface area contributed by atoms with E-state index in [0.29, 0.717) is 0 Å². The fourth-order valence-electron chi connectivity index (χ4n) is 2.70. The van der Waals surface area contributed by atoms with Crippen molar-refractivity contribution < 1.29 is 4.79 Å². The van der Waals surface area contributed by atoms with Crippen LogP contribution >= 0.6 is 0 Å². The van der Waals surface area contributed by atoms with Crippen LogP contribution in [0, 0.1) is 0 Å². The molecule has 2 rings (SSSR count). The van der Waals surface area contributed by atoms with Gasteiger partial charge in [-0.15, -0.1) is 0 Å². The van der Waals surface area contributed by atoms with Crippen molar-refractivity contribution in [3.63, 3.8) is 0 Å². The van der Waals surface area contributed by atoms with E-state index < -0.39 is 0 Å². The van der Waals surface area contributed by atoms with E-state index in [1.807, 2.05) is 49.4 Å². The maximum Gasteiger partial charge on any atom is 0.319 e. The van der Waals surface area contributed by atoms with Crippen LogP contribution in [0.3, 0.4) is 0 Å². The van der Waals surface area contributed by atoms with Crippen molar-refractivity contribution in [2.24, 2.45) is 0 Å². The van der Waals surface area contributed by atoms with Crippen LogP contribution in [0.25, 0.3) is 0 Å². The molecular weight excluding hydrogens is 296 g/mol. The third kappa shape index (κ3) is 6.07. The SMILES string of the molecule is CCCCCCc1ccc(NC(=O)N[C@@H](C)c2ccccc2)cc1. The maximum atomic E-state index is 12.1. The Hall–Kier alpha value is -2.29. The van der Waals surface area contributed by atoms with Gasteiger partial charge in [0.25, 0.3) is 0 Å². The Labute approximate surface area is 145 Å². The summed E-state index contributed by atoms with van der Waals surface area (Å²) < 4.78 is 0. The molecule has 0 saturated heterocycles. The number of unbranched alkanes of at least 4 members (excludes halogenated alkanes) is 3. The molecule has 2 aromatic carbocycles. The zero-order valence-corrected chi connectivity index (χ0v) is 14.7. The molecule has 0 saturated carbocycles. The molecule has 0 unspecified atom stereocenters. The molecule has 1 atom stereocenters. The summed E-state index contributed by atoms with van der Waals surface area (Å²) >= 11 is 0. The largest absolute Gasteiger partial charge is 0.331 e. The Bertz CT molecular complexity index is 607. The second-order valence-corrected chi connectivity index (χ2v) is 6.24. The molecule has 0 aliphatic heterocycles. The number of urea groups is 1. The number of amides is 2. The number of nitrogens with one attached hydrogen (secondary N) is 2. The molecule has 0 spiro atoms. The summed E-state index contributed by atoms with van der Waals surface area (Å²) in [5.41, 5.74) is 3.25. The molecule has 0 aliphatic carbocycles. The van der Waals surface area contributed by atoms with Crippen LogP contribution < -0.4 is 10.6 Å². The van der Waals surface area contributed by atoms with E-state index in [0.717, 1.165) is 17.7 Å². The topological polar surface area (TPSA) is 41.1 Å². The van der Waals surface area contributed by atoms with Gasteiger partial charge in [0.15, 0.2) is 0 Å². The van der Waals surface area contributed by atoms with E-state index in [9.17, 15) is 4.79 Å². The molecule has 0 aliphatic rings. The zero-order chi connectivity index (χ0) is 17.2. The monoisotopic (exact) mass is 324 g/mol. The molecular formula is C21H28N2O. The number of rotatable bonds is 8. The molecule has 0 fully saturated rings. The van der Waals surface area contributed by atoms with Crippen molar-refractivity contribution in [2.75, 3.05) is 5.32 Å². The highest BCUT2D eigenvalue weighted by Crippen LogP contribution is 2.14. The van der Waals surface area contributed by atoms with E-state index in [1.165, 1.54) is 31.2 Å². The molecule has 3 nitrogen and oxygen atoms in total. The number of carbonyl (C=O) groups excluding carboxylic acids is 1. The smallest absolute Gasteiger partial charge is 0.319 e. The van der Waals surface area contributed by atoms with Crippen molar-refractivity contribution in [3.8, 4) is 0 Å². The van der Waals surface area contributed by atoms with E-state index in [4.69, 9.17) is 0 Å². The van der Waals surface area contributed by atoms with Gasteiger partial charge in [0.2, 0.25) is 0 Å². The van der Waals surface area contributed by atoms with Gasteiger partial charge in [-0.3, -0.25) is 0 Å². The summed E-state index contributed by atoms with van der Waals surface area (Å²) in [5.74, 6) is 0. The summed E-state index contributed by atoms with van der Waals surface area (Å²) in [4.78, 5) is 12.1. The Morgan fingerprint density at radius 2 is 1.67 bits per heavy atom. The highest BCUT2D eigenvalue weighted by molar-refractivity contribution is 5.89. The van der Waals surface area contributed by atoms with Crippen LogP contribution in [0.1, 0.15) is 56.7 Å². The van der Waals surface area contributed by atoms with Crippen molar-refractivity contribution in [3.05, 3.63) is 65.7 Å². The Balaban J connectivity index is 1.79. The first kappa shape index (κ1) is 18.1. The molecule has 3 heteroatoms. The second kappa shape index (κ2) is 9.76. The fourth-order valence-corrected chi connectivity index (χ4v) is 2.70. The second-order valence-electron chi connectivity index (χ2n) is 6.24. The average molecular weight is 324 g/mol. The lowest BCUT2D eigenvalue weighted by Gasteiger charge is -2.15. The van der Waals surface area contributed by atoms with Crippen LogP contribution in [0.15, 0.2) is 54.6 Å². The van der Waals surface area contributed by atoms with Gasteiger partial charge in [-0.1, -0.05) is 68.7 Å². The summed E-state index contributed by atoms with van der Waals surface area (Å²) in [6.07, 6.45) is 6.20. The van der Waals surface area contributed by atoms with Gasteiger partial charge in [0, 0.05) is 5.69 Å². The van der Waals surface area contributed by atoms with E-state index >= 15 is 0 Å². The molecule has 2 aromatic rings. The van der Waals surface area contributed by atoms with Gasteiger partial charge in [-0.25, -0.2) is 4.79 Å². The lowest BCUT2D eigenvalue weighted by Crippen LogP contribution is -2.31. The number of hydrogen-bond acceptors (Lipinski definition) is 1. The van der Waals surface area contributed by atoms with Crippen LogP contribution in [0.2, 0.25) is 0 Å². The summed E-state index contributed by atoms with van der Waals surface area (Å²) in [6.45, 7) is 4.21. The first-order valence-corrected chi connectivity index (χ1v) is 8.90. The quantitative estimate of drug-likeness (QED) is 0.601. The lowest BCUT2D eigenvalue weighted by atomic mass is 10.1. The van der Waals surface area contributed by atoms with Gasteiger partial charge in [0.1, 0.15) is 0 Å². The van der Waals surface area contributed by atoms with Gasteiger partial charge < -0.3 is 10.6 Å². The van der Waals surface area contributed by atoms with Gasteiger partial charge in [-0.05, 0) is 43.0 Å². The normalized spacial score (nSPS) is 11.8. The van der Waals surface area contributed by atoms with Crippen LogP contribution in [0.4, 0.5) is 10.5 Å². The molecule has 24 heavy (non-hydrogen) atoms. The lowest BCUT2D eigenvalue weighted by molar-refractivity contribution is 0.249. The standard InChI is InChI=1S/C21H28N2O/c1-3-4-5-7-10-18-13-15-20(16-14-18)23-21(24)22-17(2)19-11-8-6-9-12-19/h6,8-9,11-17H,3-5,7,10H2,1-2H3,(H2,22,23,24)/t17-/m0/s1. The van der Waals surface area contributed by atoms with Crippen molar-refractivity contribution >= 4 is 11.7 Å². The van der Waals surface area contributed by atoms with Crippen molar-refractivity contribution in [1.29, 1.82) is 0 Å². The van der Waals surface area contributed by atoms with Gasteiger partial charge in [-0.2, -0.15) is 0 Å². The Morgan fingerprint density at radius 3 is 2.33 bits per heavy atom. The predicted octanol–water partition coefficient (Wildman–Crippen LogP) is 5.69. The Kier molecular flexibility index (Phi) is 7.34. The van der Waals surface area contributed by atoms with E-state index in [1.54, 1.807) is 0 Å². The molecule has 0 bridgehead atoms. The zero-order valence-electron chi connectivity index (χ0n) is 14.7. The number of anilines is 1. The summed E-state index contributed by atoms with van der Waals surface area (Å²) in [6, 6.07) is 17.9. The highest BCUT2D eigenvalue weighted by Gasteiger charge is 2.09. The summed E-state index contributed by atoms with van der Waals surface area (Å²) in [7, 11) is 0. The third-order valence-electron chi connectivity index (χ3n) is 4.18. The minimum Gasteiger partial charge on any atom is -0.331 e. The number of aryl methyl sites for hydroxylation is 1. The minimum atomic E-state index is -0.179. The van der Waals surface area contributed by atoms with Crippen molar-refractivity contribution in [2.45, 2.75) is 52.0 Å². The van der Waals surface area contributed by atoms with Gasteiger partial charge >= 0.3 is 6.03 Å². The van der Waals surface area contributed by atoms with Crippen LogP contribution in [-0.4, -0.2) is 6.03 Å². The molecule has 0 heterocycles. The number of benzene rings is 2. The first-order valence-electron chi connectivity index (χ1n) is 8.90.